The van der Waals surface area contributed by atoms with E-state index >= 15 is 0 Å². The summed E-state index contributed by atoms with van der Waals surface area (Å²) in [5, 5.41) is 0. The van der Waals surface area contributed by atoms with E-state index in [-0.39, 0.29) is 5.54 Å². The number of rotatable bonds is 3. The Balaban J connectivity index is 1.94. The van der Waals surface area contributed by atoms with Crippen molar-refractivity contribution >= 4 is 10.0 Å². The summed E-state index contributed by atoms with van der Waals surface area (Å²) in [6.07, 6.45) is 2.68. The maximum Gasteiger partial charge on any atom is 0.243 e. The molecule has 24 heavy (non-hydrogen) atoms. The van der Waals surface area contributed by atoms with Gasteiger partial charge in [0.2, 0.25) is 10.0 Å². The Bertz CT molecular complexity index is 669. The lowest BCUT2D eigenvalue weighted by Crippen LogP contribution is -2.57. The molecule has 0 N–H and O–H groups in total. The normalized spacial score (nSPS) is 23.2. The van der Waals surface area contributed by atoms with Gasteiger partial charge in [-0.05, 0) is 50.9 Å². The number of ether oxygens (including phenoxy) is 1. The topological polar surface area (TPSA) is 49.9 Å². The minimum absolute atomic E-state index is 0.0841. The first-order valence-corrected chi connectivity index (χ1v) is 10.3. The Morgan fingerprint density at radius 1 is 1.17 bits per heavy atom. The molecule has 0 amide bonds. The molecule has 1 aromatic carbocycles. The molecule has 6 heteroatoms. The molecule has 0 radical (unpaired) electrons. The molecule has 0 bridgehead atoms. The Hall–Kier alpha value is -0.950. The molecule has 2 aliphatic heterocycles. The van der Waals surface area contributed by atoms with Gasteiger partial charge in [-0.1, -0.05) is 25.1 Å². The lowest BCUT2D eigenvalue weighted by atomic mass is 9.88. The van der Waals surface area contributed by atoms with E-state index in [1.807, 2.05) is 19.1 Å². The second kappa shape index (κ2) is 7.12. The lowest BCUT2D eigenvalue weighted by molar-refractivity contribution is -0.0263. The van der Waals surface area contributed by atoms with Crippen molar-refractivity contribution in [3.63, 3.8) is 0 Å². The van der Waals surface area contributed by atoms with Crippen molar-refractivity contribution in [3.05, 3.63) is 29.8 Å². The van der Waals surface area contributed by atoms with Crippen LogP contribution in [-0.4, -0.2) is 62.6 Å². The van der Waals surface area contributed by atoms with Crippen LogP contribution in [0.2, 0.25) is 0 Å². The van der Waals surface area contributed by atoms with Crippen molar-refractivity contribution in [1.29, 1.82) is 0 Å². The molecule has 0 unspecified atom stereocenters. The summed E-state index contributed by atoms with van der Waals surface area (Å²) in [5.41, 5.74) is 0.731. The second-order valence-electron chi connectivity index (χ2n) is 6.87. The van der Waals surface area contributed by atoms with Crippen LogP contribution in [0.1, 0.15) is 31.7 Å². The van der Waals surface area contributed by atoms with Gasteiger partial charge in [0.05, 0.1) is 4.90 Å². The number of nitrogens with zero attached hydrogens (tertiary/aromatic N) is 2. The molecule has 3 rings (SSSR count). The van der Waals surface area contributed by atoms with E-state index in [0.29, 0.717) is 18.0 Å². The number of benzene rings is 1. The lowest BCUT2D eigenvalue weighted by Gasteiger charge is -2.46. The van der Waals surface area contributed by atoms with Gasteiger partial charge in [-0.3, -0.25) is 4.90 Å². The van der Waals surface area contributed by atoms with Crippen molar-refractivity contribution in [1.82, 2.24) is 9.21 Å². The van der Waals surface area contributed by atoms with Crippen molar-refractivity contribution in [2.75, 3.05) is 39.4 Å². The third-order valence-corrected chi connectivity index (χ3v) is 7.50. The molecule has 1 spiro atoms. The average molecular weight is 353 g/mol. The maximum atomic E-state index is 13.3. The zero-order chi connectivity index (χ0) is 17.2. The van der Waals surface area contributed by atoms with Crippen LogP contribution in [0, 0.1) is 6.92 Å². The Morgan fingerprint density at radius 3 is 2.54 bits per heavy atom. The summed E-state index contributed by atoms with van der Waals surface area (Å²) in [5.74, 6) is 0. The SMILES string of the molecule is CCN1CCCN(S(=O)(=O)c2ccccc2C)CC12CCOCC2. The highest BCUT2D eigenvalue weighted by Gasteiger charge is 2.43. The molecule has 2 fully saturated rings. The van der Waals surface area contributed by atoms with Crippen LogP contribution < -0.4 is 0 Å². The van der Waals surface area contributed by atoms with E-state index in [0.717, 1.165) is 51.1 Å². The van der Waals surface area contributed by atoms with E-state index in [1.54, 1.807) is 16.4 Å². The molecular weight excluding hydrogens is 324 g/mol. The average Bonchev–Trinajstić information content (AvgIpc) is 2.75. The fourth-order valence-electron chi connectivity index (χ4n) is 4.09. The summed E-state index contributed by atoms with van der Waals surface area (Å²) in [7, 11) is -3.46. The fourth-order valence-corrected chi connectivity index (χ4v) is 5.88. The third kappa shape index (κ3) is 3.25. The van der Waals surface area contributed by atoms with E-state index in [2.05, 4.69) is 11.8 Å². The summed E-state index contributed by atoms with van der Waals surface area (Å²) in [6.45, 7) is 8.55. The highest BCUT2D eigenvalue weighted by molar-refractivity contribution is 7.89. The van der Waals surface area contributed by atoms with Gasteiger partial charge >= 0.3 is 0 Å². The number of aryl methyl sites for hydroxylation is 1. The molecule has 0 aromatic heterocycles. The molecule has 2 aliphatic rings. The van der Waals surface area contributed by atoms with E-state index < -0.39 is 10.0 Å². The largest absolute Gasteiger partial charge is 0.381 e. The Morgan fingerprint density at radius 2 is 1.88 bits per heavy atom. The highest BCUT2D eigenvalue weighted by Crippen LogP contribution is 2.33. The van der Waals surface area contributed by atoms with Gasteiger partial charge < -0.3 is 4.74 Å². The summed E-state index contributed by atoms with van der Waals surface area (Å²) < 4.78 is 33.8. The monoisotopic (exact) mass is 352 g/mol. The molecule has 1 aromatic rings. The van der Waals surface area contributed by atoms with Crippen molar-refractivity contribution in [2.24, 2.45) is 0 Å². The van der Waals surface area contributed by atoms with Crippen LogP contribution in [0.15, 0.2) is 29.2 Å². The number of hydrogen-bond acceptors (Lipinski definition) is 4. The fraction of sp³-hybridized carbons (Fsp3) is 0.667. The molecule has 134 valence electrons. The first-order chi connectivity index (χ1) is 11.5. The van der Waals surface area contributed by atoms with Gasteiger partial charge in [0.15, 0.2) is 0 Å². The molecule has 0 saturated carbocycles. The standard InChI is InChI=1S/C18H28N2O3S/c1-3-19-11-6-12-20(15-18(19)9-13-23-14-10-18)24(21,22)17-8-5-4-7-16(17)2/h4-5,7-8H,3,6,9-15H2,1-2H3. The van der Waals surface area contributed by atoms with Crippen molar-refractivity contribution in [3.8, 4) is 0 Å². The van der Waals surface area contributed by atoms with Crippen LogP contribution in [-0.2, 0) is 14.8 Å². The zero-order valence-corrected chi connectivity index (χ0v) is 15.5. The maximum absolute atomic E-state index is 13.3. The zero-order valence-electron chi connectivity index (χ0n) is 14.7. The summed E-state index contributed by atoms with van der Waals surface area (Å²) in [6, 6.07) is 7.28. The van der Waals surface area contributed by atoms with Gasteiger partial charge in [0.25, 0.3) is 0 Å². The van der Waals surface area contributed by atoms with Crippen molar-refractivity contribution in [2.45, 2.75) is 43.5 Å². The van der Waals surface area contributed by atoms with Gasteiger partial charge in [-0.2, -0.15) is 4.31 Å². The quantitative estimate of drug-likeness (QED) is 0.837. The minimum Gasteiger partial charge on any atom is -0.381 e. The molecule has 2 heterocycles. The second-order valence-corrected chi connectivity index (χ2v) is 8.78. The Labute approximate surface area is 145 Å². The molecule has 2 saturated heterocycles. The van der Waals surface area contributed by atoms with E-state index in [4.69, 9.17) is 4.74 Å². The van der Waals surface area contributed by atoms with E-state index in [9.17, 15) is 8.42 Å². The summed E-state index contributed by atoms with van der Waals surface area (Å²) in [4.78, 5) is 2.92. The molecular formula is C18H28N2O3S. The number of sulfonamides is 1. The first-order valence-electron chi connectivity index (χ1n) is 8.88. The molecule has 0 aliphatic carbocycles. The Kier molecular flexibility index (Phi) is 5.30. The van der Waals surface area contributed by atoms with Gasteiger partial charge in [-0.25, -0.2) is 8.42 Å². The smallest absolute Gasteiger partial charge is 0.243 e. The predicted octanol–water partition coefficient (Wildman–Crippen LogP) is 2.26. The number of likely N-dealkylation sites (N-methyl/N-ethyl adjacent to an activating group) is 1. The highest BCUT2D eigenvalue weighted by atomic mass is 32.2. The first kappa shape index (κ1) is 17.9. The van der Waals surface area contributed by atoms with Gasteiger partial charge in [0, 0.05) is 31.8 Å². The molecule has 0 atom stereocenters. The van der Waals surface area contributed by atoms with Crippen LogP contribution in [0.5, 0.6) is 0 Å². The molecule has 5 nitrogen and oxygen atoms in total. The van der Waals surface area contributed by atoms with Gasteiger partial charge in [0.1, 0.15) is 0 Å². The van der Waals surface area contributed by atoms with Crippen LogP contribution >= 0.6 is 0 Å². The van der Waals surface area contributed by atoms with Gasteiger partial charge in [-0.15, -0.1) is 0 Å². The van der Waals surface area contributed by atoms with Crippen LogP contribution in [0.4, 0.5) is 0 Å². The third-order valence-electron chi connectivity index (χ3n) is 5.49. The van der Waals surface area contributed by atoms with Crippen LogP contribution in [0.25, 0.3) is 0 Å². The van der Waals surface area contributed by atoms with Crippen molar-refractivity contribution < 1.29 is 13.2 Å². The van der Waals surface area contributed by atoms with E-state index in [1.165, 1.54) is 0 Å². The minimum atomic E-state index is -3.46. The predicted molar refractivity (Wildman–Crippen MR) is 94.6 cm³/mol. The number of hydrogen-bond donors (Lipinski definition) is 0. The summed E-state index contributed by atoms with van der Waals surface area (Å²) >= 11 is 0. The van der Waals surface area contributed by atoms with Crippen LogP contribution in [0.3, 0.4) is 0 Å².